The van der Waals surface area contributed by atoms with Crippen molar-refractivity contribution in [2.24, 2.45) is 0 Å². The molecule has 78 valence electrons. The van der Waals surface area contributed by atoms with Gasteiger partial charge in [-0.25, -0.2) is 14.8 Å². The van der Waals surface area contributed by atoms with Crippen LogP contribution in [0.5, 0.6) is 0 Å². The second-order valence-corrected chi connectivity index (χ2v) is 3.39. The average molecular weight is 214 g/mol. The lowest BCUT2D eigenvalue weighted by Gasteiger charge is -1.99. The first kappa shape index (κ1) is 8.78. The summed E-state index contributed by atoms with van der Waals surface area (Å²) >= 11 is 0. The number of aromatic nitrogens is 4. The lowest BCUT2D eigenvalue weighted by molar-refractivity contribution is 1.08. The number of benzene rings is 1. The molecule has 6 heteroatoms. The molecule has 0 unspecified atom stereocenters. The molecular formula is C10H6N4O2. The zero-order chi connectivity index (χ0) is 11.1. The van der Waals surface area contributed by atoms with E-state index in [1.807, 2.05) is 0 Å². The Morgan fingerprint density at radius 3 is 2.88 bits per heavy atom. The van der Waals surface area contributed by atoms with E-state index in [-0.39, 0.29) is 0 Å². The number of H-pyrrole nitrogens is 2. The molecule has 3 rings (SSSR count). The maximum atomic E-state index is 11.5. The Kier molecular flexibility index (Phi) is 1.64. The van der Waals surface area contributed by atoms with Crippen LogP contribution in [-0.2, 0) is 0 Å². The lowest BCUT2D eigenvalue weighted by atomic mass is 10.2. The van der Waals surface area contributed by atoms with E-state index in [9.17, 15) is 9.59 Å². The third kappa shape index (κ3) is 1.20. The van der Waals surface area contributed by atoms with Gasteiger partial charge in [0, 0.05) is 11.6 Å². The van der Waals surface area contributed by atoms with Crippen LogP contribution in [0, 0.1) is 0 Å². The minimum Gasteiger partial charge on any atom is -0.307 e. The third-order valence-corrected chi connectivity index (χ3v) is 2.36. The summed E-state index contributed by atoms with van der Waals surface area (Å²) in [6.45, 7) is 0. The second kappa shape index (κ2) is 2.99. The van der Waals surface area contributed by atoms with Crippen molar-refractivity contribution in [3.63, 3.8) is 0 Å². The van der Waals surface area contributed by atoms with Gasteiger partial charge in [0.05, 0.1) is 16.4 Å². The van der Waals surface area contributed by atoms with E-state index in [1.165, 1.54) is 6.33 Å². The highest BCUT2D eigenvalue weighted by atomic mass is 16.2. The molecule has 3 aromatic rings. The normalized spacial score (nSPS) is 11.0. The second-order valence-electron chi connectivity index (χ2n) is 3.39. The number of rotatable bonds is 0. The van der Waals surface area contributed by atoms with Crippen LogP contribution in [0.1, 0.15) is 0 Å². The van der Waals surface area contributed by atoms with Crippen molar-refractivity contribution in [1.82, 2.24) is 19.9 Å². The number of hydrogen-bond donors (Lipinski definition) is 2. The molecule has 0 radical (unpaired) electrons. The van der Waals surface area contributed by atoms with Crippen LogP contribution in [-0.4, -0.2) is 19.9 Å². The summed E-state index contributed by atoms with van der Waals surface area (Å²) in [4.78, 5) is 35.3. The van der Waals surface area contributed by atoms with Crippen LogP contribution in [0.25, 0.3) is 21.8 Å². The highest BCUT2D eigenvalue weighted by Crippen LogP contribution is 2.14. The van der Waals surface area contributed by atoms with Crippen molar-refractivity contribution in [1.29, 1.82) is 0 Å². The molecule has 0 aliphatic carbocycles. The van der Waals surface area contributed by atoms with Crippen molar-refractivity contribution in [3.8, 4) is 0 Å². The molecule has 0 fully saturated rings. The molecule has 2 heterocycles. The average Bonchev–Trinajstić information content (AvgIpc) is 2.27. The first-order valence-corrected chi connectivity index (χ1v) is 4.60. The van der Waals surface area contributed by atoms with E-state index in [2.05, 4.69) is 19.9 Å². The SMILES string of the molecule is O=c1[nH]c(=O)c2cc3cncnc3cc2[nH]1. The molecule has 0 aliphatic rings. The summed E-state index contributed by atoms with van der Waals surface area (Å²) < 4.78 is 0. The Morgan fingerprint density at radius 1 is 1.12 bits per heavy atom. The van der Waals surface area contributed by atoms with Gasteiger partial charge in [-0.1, -0.05) is 0 Å². The van der Waals surface area contributed by atoms with E-state index < -0.39 is 11.2 Å². The third-order valence-electron chi connectivity index (χ3n) is 2.36. The molecule has 0 bridgehead atoms. The maximum absolute atomic E-state index is 11.5. The van der Waals surface area contributed by atoms with E-state index >= 15 is 0 Å². The first-order valence-electron chi connectivity index (χ1n) is 4.60. The molecule has 0 aliphatic heterocycles. The Morgan fingerprint density at radius 2 is 2.00 bits per heavy atom. The van der Waals surface area contributed by atoms with Gasteiger partial charge in [0.15, 0.2) is 0 Å². The van der Waals surface area contributed by atoms with E-state index in [0.29, 0.717) is 16.4 Å². The fraction of sp³-hybridized carbons (Fsp3) is 0. The maximum Gasteiger partial charge on any atom is 0.326 e. The summed E-state index contributed by atoms with van der Waals surface area (Å²) in [7, 11) is 0. The molecule has 0 spiro atoms. The van der Waals surface area contributed by atoms with Crippen molar-refractivity contribution in [2.75, 3.05) is 0 Å². The monoisotopic (exact) mass is 214 g/mol. The number of fused-ring (bicyclic) bond motifs is 2. The van der Waals surface area contributed by atoms with Gasteiger partial charge in [0.1, 0.15) is 6.33 Å². The van der Waals surface area contributed by atoms with E-state index in [1.54, 1.807) is 18.3 Å². The van der Waals surface area contributed by atoms with Gasteiger partial charge in [-0.15, -0.1) is 0 Å². The van der Waals surface area contributed by atoms with Gasteiger partial charge >= 0.3 is 5.69 Å². The summed E-state index contributed by atoms with van der Waals surface area (Å²) in [6, 6.07) is 3.31. The molecule has 1 aromatic carbocycles. The topological polar surface area (TPSA) is 91.5 Å². The van der Waals surface area contributed by atoms with E-state index in [0.717, 1.165) is 5.39 Å². The standard InChI is InChI=1S/C10H6N4O2/c15-9-6-1-5-3-11-4-12-7(5)2-8(6)13-10(16)14-9/h1-4H,(H2,13,14,15,16). The number of nitrogens with one attached hydrogen (secondary N) is 2. The zero-order valence-corrected chi connectivity index (χ0v) is 8.02. The predicted octanol–water partition coefficient (Wildman–Crippen LogP) is 0.160. The van der Waals surface area contributed by atoms with Crippen LogP contribution >= 0.6 is 0 Å². The Bertz CT molecular complexity index is 803. The number of hydrogen-bond acceptors (Lipinski definition) is 4. The minimum absolute atomic E-state index is 0.412. The van der Waals surface area contributed by atoms with Crippen molar-refractivity contribution in [3.05, 3.63) is 45.5 Å². The summed E-state index contributed by atoms with van der Waals surface area (Å²) in [5.74, 6) is 0. The largest absolute Gasteiger partial charge is 0.326 e. The van der Waals surface area contributed by atoms with Crippen LogP contribution in [0.2, 0.25) is 0 Å². The van der Waals surface area contributed by atoms with Gasteiger partial charge in [-0.3, -0.25) is 9.78 Å². The van der Waals surface area contributed by atoms with Gasteiger partial charge in [-0.05, 0) is 12.1 Å². The summed E-state index contributed by atoms with van der Waals surface area (Å²) in [5.41, 5.74) is 0.221. The molecule has 16 heavy (non-hydrogen) atoms. The number of aromatic amines is 2. The van der Waals surface area contributed by atoms with Crippen molar-refractivity contribution >= 4 is 21.8 Å². The molecule has 0 atom stereocenters. The number of nitrogens with zero attached hydrogens (tertiary/aromatic N) is 2. The van der Waals surface area contributed by atoms with Gasteiger partial charge in [-0.2, -0.15) is 0 Å². The molecule has 2 N–H and O–H groups in total. The highest BCUT2D eigenvalue weighted by Gasteiger charge is 2.03. The highest BCUT2D eigenvalue weighted by molar-refractivity contribution is 5.93. The molecule has 2 aromatic heterocycles. The Labute approximate surface area is 88.0 Å². The molecule has 0 saturated heterocycles. The first-order chi connectivity index (χ1) is 7.74. The molecule has 0 amide bonds. The lowest BCUT2D eigenvalue weighted by Crippen LogP contribution is -2.21. The van der Waals surface area contributed by atoms with Crippen molar-refractivity contribution < 1.29 is 0 Å². The van der Waals surface area contributed by atoms with Gasteiger partial charge in [0.25, 0.3) is 5.56 Å². The van der Waals surface area contributed by atoms with E-state index in [4.69, 9.17) is 0 Å². The minimum atomic E-state index is -0.522. The Hall–Kier alpha value is -2.50. The van der Waals surface area contributed by atoms with Crippen molar-refractivity contribution in [2.45, 2.75) is 0 Å². The smallest absolute Gasteiger partial charge is 0.307 e. The van der Waals surface area contributed by atoms with Crippen LogP contribution in [0.15, 0.2) is 34.2 Å². The fourth-order valence-corrected chi connectivity index (χ4v) is 1.64. The molecule has 0 saturated carbocycles. The van der Waals surface area contributed by atoms with Crippen LogP contribution < -0.4 is 11.2 Å². The van der Waals surface area contributed by atoms with Gasteiger partial charge < -0.3 is 4.98 Å². The predicted molar refractivity (Wildman–Crippen MR) is 58.3 cm³/mol. The van der Waals surface area contributed by atoms with Crippen LogP contribution in [0.4, 0.5) is 0 Å². The fourth-order valence-electron chi connectivity index (χ4n) is 1.64. The molecule has 6 nitrogen and oxygen atoms in total. The quantitative estimate of drug-likeness (QED) is 0.521. The Balaban J connectivity index is 2.61. The zero-order valence-electron chi connectivity index (χ0n) is 8.02. The summed E-state index contributed by atoms with van der Waals surface area (Å²) in [6.07, 6.45) is 3.03. The molecular weight excluding hydrogens is 208 g/mol. The summed E-state index contributed by atoms with van der Waals surface area (Å²) in [5, 5.41) is 1.18. The van der Waals surface area contributed by atoms with Crippen LogP contribution in [0.3, 0.4) is 0 Å². The van der Waals surface area contributed by atoms with Gasteiger partial charge in [0.2, 0.25) is 0 Å².